The lowest BCUT2D eigenvalue weighted by molar-refractivity contribution is 0.176. The maximum Gasteiger partial charge on any atom is 0.127 e. The second-order valence-electron chi connectivity index (χ2n) is 4.98. The number of hydrogen-bond acceptors (Lipinski definition) is 4. The van der Waals surface area contributed by atoms with E-state index in [1.54, 1.807) is 11.3 Å². The Morgan fingerprint density at radius 3 is 3.10 bits per heavy atom. The van der Waals surface area contributed by atoms with Gasteiger partial charge in [0.25, 0.3) is 0 Å². The predicted molar refractivity (Wildman–Crippen MR) is 87.1 cm³/mol. The summed E-state index contributed by atoms with van der Waals surface area (Å²) < 4.78 is 5.69. The van der Waals surface area contributed by atoms with Crippen LogP contribution in [0.3, 0.4) is 0 Å². The third-order valence-electron chi connectivity index (χ3n) is 3.36. The zero-order valence-corrected chi connectivity index (χ0v) is 13.0. The average molecular weight is 322 g/mol. The lowest BCUT2D eigenvalue weighted by atomic mass is 10.1. The van der Waals surface area contributed by atoms with Gasteiger partial charge in [0.1, 0.15) is 12.4 Å². The number of aliphatic hydroxyl groups excluding tert-OH is 1. The Bertz CT molecular complexity index is 640. The van der Waals surface area contributed by atoms with E-state index in [4.69, 9.17) is 16.3 Å². The second-order valence-corrected chi connectivity index (χ2v) is 6.19. The molecule has 3 rings (SSSR count). The molecule has 21 heavy (non-hydrogen) atoms. The maximum atomic E-state index is 10.0. The molecule has 0 saturated carbocycles. The van der Waals surface area contributed by atoms with E-state index in [1.807, 2.05) is 35.0 Å². The van der Waals surface area contributed by atoms with Crippen LogP contribution in [0.1, 0.15) is 17.2 Å². The van der Waals surface area contributed by atoms with E-state index in [-0.39, 0.29) is 0 Å². The quantitative estimate of drug-likeness (QED) is 0.885. The van der Waals surface area contributed by atoms with Crippen LogP contribution in [0.2, 0.25) is 5.02 Å². The molecule has 0 amide bonds. The van der Waals surface area contributed by atoms with Gasteiger partial charge in [0.2, 0.25) is 0 Å². The second kappa shape index (κ2) is 6.62. The van der Waals surface area contributed by atoms with Crippen molar-refractivity contribution in [1.82, 2.24) is 5.32 Å². The van der Waals surface area contributed by atoms with Gasteiger partial charge in [0, 0.05) is 23.7 Å². The summed E-state index contributed by atoms with van der Waals surface area (Å²) in [6.07, 6.45) is 1.62. The lowest BCUT2D eigenvalue weighted by Crippen LogP contribution is -2.26. The highest BCUT2D eigenvalue weighted by molar-refractivity contribution is 7.07. The number of rotatable bonds is 5. The standard InChI is InChI=1S/C16H16ClNO2S/c17-14-1-2-16-13(6-14)5-11(9-20-16)7-18-8-15(19)12-3-4-21-10-12/h1-6,10,15,18-19H,7-9H2. The smallest absolute Gasteiger partial charge is 0.127 e. The van der Waals surface area contributed by atoms with Crippen LogP contribution in [0, 0.1) is 0 Å². The SMILES string of the molecule is OC(CNCC1=Cc2cc(Cl)ccc2OC1)c1ccsc1. The number of aliphatic hydroxyl groups is 1. The molecule has 3 nitrogen and oxygen atoms in total. The van der Waals surface area contributed by atoms with Crippen molar-refractivity contribution in [2.45, 2.75) is 6.10 Å². The monoisotopic (exact) mass is 321 g/mol. The Morgan fingerprint density at radius 2 is 2.29 bits per heavy atom. The summed E-state index contributed by atoms with van der Waals surface area (Å²) in [5.41, 5.74) is 3.10. The van der Waals surface area contributed by atoms with Crippen LogP contribution >= 0.6 is 22.9 Å². The molecule has 1 atom stereocenters. The number of nitrogens with one attached hydrogen (secondary N) is 1. The first-order valence-electron chi connectivity index (χ1n) is 6.75. The van der Waals surface area contributed by atoms with Crippen molar-refractivity contribution in [3.8, 4) is 5.75 Å². The molecule has 1 aliphatic rings. The van der Waals surface area contributed by atoms with E-state index in [9.17, 15) is 5.11 Å². The van der Waals surface area contributed by atoms with Crippen molar-refractivity contribution in [2.75, 3.05) is 19.7 Å². The molecule has 1 aromatic heterocycles. The van der Waals surface area contributed by atoms with Gasteiger partial charge in [-0.2, -0.15) is 11.3 Å². The van der Waals surface area contributed by atoms with Crippen molar-refractivity contribution in [3.63, 3.8) is 0 Å². The molecule has 1 aromatic carbocycles. The average Bonchev–Trinajstić information content (AvgIpc) is 3.01. The Hall–Kier alpha value is -1.33. The van der Waals surface area contributed by atoms with Crippen LogP contribution in [0.5, 0.6) is 5.75 Å². The van der Waals surface area contributed by atoms with Gasteiger partial charge in [0.05, 0.1) is 6.10 Å². The van der Waals surface area contributed by atoms with Gasteiger partial charge in [-0.25, -0.2) is 0 Å². The third-order valence-corrected chi connectivity index (χ3v) is 4.30. The molecule has 0 bridgehead atoms. The summed E-state index contributed by atoms with van der Waals surface area (Å²) in [6, 6.07) is 7.56. The van der Waals surface area contributed by atoms with E-state index in [0.717, 1.165) is 22.4 Å². The normalized spacial score (nSPS) is 15.0. The van der Waals surface area contributed by atoms with Gasteiger partial charge in [-0.3, -0.25) is 0 Å². The van der Waals surface area contributed by atoms with Gasteiger partial charge in [-0.15, -0.1) is 0 Å². The minimum atomic E-state index is -0.469. The summed E-state index contributed by atoms with van der Waals surface area (Å²) in [6.45, 7) is 1.78. The molecule has 110 valence electrons. The van der Waals surface area contributed by atoms with Crippen molar-refractivity contribution in [2.24, 2.45) is 0 Å². The summed E-state index contributed by atoms with van der Waals surface area (Å²) in [4.78, 5) is 0. The molecule has 5 heteroatoms. The number of halogens is 1. The first kappa shape index (κ1) is 14.6. The van der Waals surface area contributed by atoms with Crippen molar-refractivity contribution in [1.29, 1.82) is 0 Å². The Labute approximate surface area is 132 Å². The molecule has 0 spiro atoms. The molecular formula is C16H16ClNO2S. The van der Waals surface area contributed by atoms with Crippen molar-refractivity contribution < 1.29 is 9.84 Å². The fraction of sp³-hybridized carbons (Fsp3) is 0.250. The van der Waals surface area contributed by atoms with Crippen LogP contribution < -0.4 is 10.1 Å². The van der Waals surface area contributed by atoms with Gasteiger partial charge < -0.3 is 15.2 Å². The number of ether oxygens (including phenoxy) is 1. The molecule has 2 heterocycles. The molecule has 0 radical (unpaired) electrons. The Kier molecular flexibility index (Phi) is 4.60. The van der Waals surface area contributed by atoms with Gasteiger partial charge in [0.15, 0.2) is 0 Å². The zero-order valence-electron chi connectivity index (χ0n) is 11.4. The number of benzene rings is 1. The first-order valence-corrected chi connectivity index (χ1v) is 8.07. The fourth-order valence-electron chi connectivity index (χ4n) is 2.25. The van der Waals surface area contributed by atoms with E-state index in [2.05, 4.69) is 11.4 Å². The molecule has 1 unspecified atom stereocenters. The maximum absolute atomic E-state index is 10.0. The number of fused-ring (bicyclic) bond motifs is 1. The zero-order chi connectivity index (χ0) is 14.7. The molecule has 2 aromatic rings. The van der Waals surface area contributed by atoms with Crippen LogP contribution in [0.15, 0.2) is 40.6 Å². The van der Waals surface area contributed by atoms with Crippen molar-refractivity contribution in [3.05, 3.63) is 56.7 Å². The van der Waals surface area contributed by atoms with E-state index >= 15 is 0 Å². The largest absolute Gasteiger partial charge is 0.489 e. The van der Waals surface area contributed by atoms with Gasteiger partial charge >= 0.3 is 0 Å². The van der Waals surface area contributed by atoms with Crippen LogP contribution in [-0.4, -0.2) is 24.8 Å². The van der Waals surface area contributed by atoms with Crippen molar-refractivity contribution >= 4 is 29.0 Å². The van der Waals surface area contributed by atoms with E-state index in [1.165, 1.54) is 0 Å². The molecule has 0 fully saturated rings. The molecular weight excluding hydrogens is 306 g/mol. The van der Waals surface area contributed by atoms with Gasteiger partial charge in [-0.1, -0.05) is 11.6 Å². The lowest BCUT2D eigenvalue weighted by Gasteiger charge is -2.19. The molecule has 2 N–H and O–H groups in total. The number of thiophene rings is 1. The number of hydrogen-bond donors (Lipinski definition) is 2. The predicted octanol–water partition coefficient (Wildman–Crippen LogP) is 3.50. The summed E-state index contributed by atoms with van der Waals surface area (Å²) in [7, 11) is 0. The van der Waals surface area contributed by atoms with Crippen LogP contribution in [0.25, 0.3) is 6.08 Å². The minimum absolute atomic E-state index is 0.469. The summed E-state index contributed by atoms with van der Waals surface area (Å²) in [5, 5.41) is 17.9. The minimum Gasteiger partial charge on any atom is -0.489 e. The molecule has 0 saturated heterocycles. The summed E-state index contributed by atoms with van der Waals surface area (Å²) in [5.74, 6) is 0.862. The van der Waals surface area contributed by atoms with Crippen LogP contribution in [0.4, 0.5) is 0 Å². The molecule has 0 aliphatic carbocycles. The highest BCUT2D eigenvalue weighted by Crippen LogP contribution is 2.28. The Balaban J connectivity index is 1.56. The fourth-order valence-corrected chi connectivity index (χ4v) is 3.14. The molecule has 1 aliphatic heterocycles. The Morgan fingerprint density at radius 1 is 1.38 bits per heavy atom. The third kappa shape index (κ3) is 3.66. The highest BCUT2D eigenvalue weighted by atomic mass is 35.5. The summed E-state index contributed by atoms with van der Waals surface area (Å²) >= 11 is 7.59. The van der Waals surface area contributed by atoms with Gasteiger partial charge in [-0.05, 0) is 52.2 Å². The van der Waals surface area contributed by atoms with E-state index in [0.29, 0.717) is 24.7 Å². The van der Waals surface area contributed by atoms with Crippen LogP contribution in [-0.2, 0) is 0 Å². The highest BCUT2D eigenvalue weighted by Gasteiger charge is 2.12. The topological polar surface area (TPSA) is 41.5 Å². The first-order chi connectivity index (χ1) is 10.2. The van der Waals surface area contributed by atoms with E-state index < -0.39 is 6.10 Å².